The molecule has 0 atom stereocenters. The van der Waals surface area contributed by atoms with Gasteiger partial charge in [-0.25, -0.2) is 0 Å². The van der Waals surface area contributed by atoms with E-state index in [-0.39, 0.29) is 0 Å². The maximum Gasteiger partial charge on any atom is 0.146 e. The van der Waals surface area contributed by atoms with E-state index in [4.69, 9.17) is 9.47 Å². The minimum Gasteiger partial charge on any atom is -0.353 e. The molecule has 0 aliphatic carbocycles. The zero-order valence-corrected chi connectivity index (χ0v) is 7.77. The molecule has 0 aromatic rings. The van der Waals surface area contributed by atoms with Gasteiger partial charge < -0.3 is 9.47 Å². The second-order valence-electron chi connectivity index (χ2n) is 2.64. The summed E-state index contributed by atoms with van der Waals surface area (Å²) in [5, 5.41) is 0. The van der Waals surface area contributed by atoms with Crippen molar-refractivity contribution in [2.45, 2.75) is 39.5 Å². The Morgan fingerprint density at radius 2 is 1.36 bits per heavy atom. The van der Waals surface area contributed by atoms with Crippen molar-refractivity contribution in [3.05, 3.63) is 0 Å². The van der Waals surface area contributed by atoms with Gasteiger partial charge in [0.1, 0.15) is 6.79 Å². The van der Waals surface area contributed by atoms with E-state index in [2.05, 4.69) is 13.8 Å². The van der Waals surface area contributed by atoms with Gasteiger partial charge in [-0.05, 0) is 0 Å². The summed E-state index contributed by atoms with van der Waals surface area (Å²) < 4.78 is 9.44. The largest absolute Gasteiger partial charge is 0.353 e. The van der Waals surface area contributed by atoms with Crippen molar-refractivity contribution in [1.29, 1.82) is 0 Å². The second kappa shape index (κ2) is 9.92. The highest BCUT2D eigenvalue weighted by Gasteiger charge is 1.93. The molecule has 0 spiro atoms. The lowest BCUT2D eigenvalue weighted by atomic mass is 10.2. The molecule has 11 heavy (non-hydrogen) atoms. The molecule has 68 valence electrons. The van der Waals surface area contributed by atoms with Crippen LogP contribution in [0.25, 0.3) is 0 Å². The number of hydrogen-bond donors (Lipinski definition) is 0. The van der Waals surface area contributed by atoms with Crippen molar-refractivity contribution in [2.24, 2.45) is 0 Å². The second-order valence-corrected chi connectivity index (χ2v) is 2.64. The monoisotopic (exact) mass is 160 g/mol. The van der Waals surface area contributed by atoms with Crippen LogP contribution in [0.2, 0.25) is 0 Å². The molecular formula is C9H20O2. The highest BCUT2D eigenvalue weighted by molar-refractivity contribution is 4.31. The van der Waals surface area contributed by atoms with Crippen LogP contribution in [-0.4, -0.2) is 20.0 Å². The molecule has 0 aromatic heterocycles. The summed E-state index contributed by atoms with van der Waals surface area (Å²) in [4.78, 5) is 0. The van der Waals surface area contributed by atoms with Crippen molar-refractivity contribution in [3.8, 4) is 0 Å². The smallest absolute Gasteiger partial charge is 0.146 e. The van der Waals surface area contributed by atoms with Gasteiger partial charge in [0.2, 0.25) is 0 Å². The fourth-order valence-electron chi connectivity index (χ4n) is 0.795. The number of unbranched alkanes of at least 4 members (excludes halogenated alkanes) is 3. The number of ether oxygens (including phenoxy) is 2. The van der Waals surface area contributed by atoms with Crippen molar-refractivity contribution in [3.63, 3.8) is 0 Å². The Balaban J connectivity index is 0.000000183. The summed E-state index contributed by atoms with van der Waals surface area (Å²) in [5.74, 6) is 0. The lowest BCUT2D eigenvalue weighted by molar-refractivity contribution is 0.0692. The Labute approximate surface area is 69.9 Å². The quantitative estimate of drug-likeness (QED) is 0.591. The number of rotatable bonds is 3. The van der Waals surface area contributed by atoms with E-state index in [1.807, 2.05) is 0 Å². The van der Waals surface area contributed by atoms with E-state index >= 15 is 0 Å². The molecular weight excluding hydrogens is 140 g/mol. The molecule has 0 saturated carbocycles. The molecule has 0 unspecified atom stereocenters. The molecule has 1 fully saturated rings. The van der Waals surface area contributed by atoms with Gasteiger partial charge in [0.05, 0.1) is 13.2 Å². The molecule has 0 N–H and O–H groups in total. The predicted octanol–water partition coefficient (Wildman–Crippen LogP) is 2.58. The molecule has 2 nitrogen and oxygen atoms in total. The molecule has 1 aliphatic rings. The minimum absolute atomic E-state index is 0.500. The van der Waals surface area contributed by atoms with Crippen molar-refractivity contribution >= 4 is 0 Å². The fourth-order valence-corrected chi connectivity index (χ4v) is 0.795. The van der Waals surface area contributed by atoms with E-state index in [9.17, 15) is 0 Å². The lowest BCUT2D eigenvalue weighted by Gasteiger charge is -1.86. The van der Waals surface area contributed by atoms with E-state index in [0.29, 0.717) is 6.79 Å². The van der Waals surface area contributed by atoms with Crippen molar-refractivity contribution in [2.75, 3.05) is 20.0 Å². The topological polar surface area (TPSA) is 18.5 Å². The first-order valence-electron chi connectivity index (χ1n) is 4.57. The first kappa shape index (κ1) is 10.9. The molecule has 1 heterocycles. The maximum atomic E-state index is 4.72. The minimum atomic E-state index is 0.500. The third-order valence-electron chi connectivity index (χ3n) is 1.50. The molecule has 2 heteroatoms. The maximum absolute atomic E-state index is 4.72. The first-order chi connectivity index (χ1) is 5.41. The summed E-state index contributed by atoms with van der Waals surface area (Å²) in [6.07, 6.45) is 5.54. The van der Waals surface area contributed by atoms with E-state index in [1.165, 1.54) is 25.7 Å². The summed E-state index contributed by atoms with van der Waals surface area (Å²) >= 11 is 0. The Morgan fingerprint density at radius 3 is 1.55 bits per heavy atom. The first-order valence-corrected chi connectivity index (χ1v) is 4.57. The Kier molecular flexibility index (Phi) is 9.85. The van der Waals surface area contributed by atoms with Crippen molar-refractivity contribution in [1.82, 2.24) is 0 Å². The SMILES string of the molecule is C1COCO1.CCCCCC. The van der Waals surface area contributed by atoms with Crippen LogP contribution in [0.3, 0.4) is 0 Å². The highest BCUT2D eigenvalue weighted by atomic mass is 16.7. The van der Waals surface area contributed by atoms with Crippen LogP contribution in [0, 0.1) is 0 Å². The highest BCUT2D eigenvalue weighted by Crippen LogP contribution is 1.95. The van der Waals surface area contributed by atoms with Crippen LogP contribution in [0.1, 0.15) is 39.5 Å². The molecule has 1 aliphatic heterocycles. The standard InChI is InChI=1S/C6H14.C3H6O2/c1-3-5-6-4-2;1-2-5-3-4-1/h3-6H2,1-2H3;1-3H2. The zero-order valence-electron chi connectivity index (χ0n) is 7.77. The number of hydrogen-bond acceptors (Lipinski definition) is 2. The average Bonchev–Trinajstić information content (AvgIpc) is 2.57. The van der Waals surface area contributed by atoms with Crippen LogP contribution in [0.15, 0.2) is 0 Å². The van der Waals surface area contributed by atoms with Crippen LogP contribution in [-0.2, 0) is 9.47 Å². The molecule has 1 saturated heterocycles. The third-order valence-corrected chi connectivity index (χ3v) is 1.50. The van der Waals surface area contributed by atoms with Crippen LogP contribution < -0.4 is 0 Å². The third kappa shape index (κ3) is 9.92. The van der Waals surface area contributed by atoms with E-state index in [0.717, 1.165) is 13.2 Å². The van der Waals surface area contributed by atoms with Gasteiger partial charge in [0, 0.05) is 0 Å². The van der Waals surface area contributed by atoms with Crippen LogP contribution >= 0.6 is 0 Å². The van der Waals surface area contributed by atoms with Crippen molar-refractivity contribution < 1.29 is 9.47 Å². The Morgan fingerprint density at radius 1 is 0.909 bits per heavy atom. The zero-order chi connectivity index (χ0) is 8.36. The fraction of sp³-hybridized carbons (Fsp3) is 1.00. The van der Waals surface area contributed by atoms with Gasteiger partial charge in [-0.2, -0.15) is 0 Å². The normalized spacial score (nSPS) is 15.8. The Hall–Kier alpha value is -0.0800. The average molecular weight is 160 g/mol. The lowest BCUT2D eigenvalue weighted by Crippen LogP contribution is -1.79. The molecule has 0 amide bonds. The summed E-state index contributed by atoms with van der Waals surface area (Å²) in [5.41, 5.74) is 0. The van der Waals surface area contributed by atoms with Gasteiger partial charge in [-0.15, -0.1) is 0 Å². The molecule has 0 bridgehead atoms. The van der Waals surface area contributed by atoms with Gasteiger partial charge in [0.25, 0.3) is 0 Å². The van der Waals surface area contributed by atoms with E-state index < -0.39 is 0 Å². The van der Waals surface area contributed by atoms with Gasteiger partial charge in [0.15, 0.2) is 0 Å². The van der Waals surface area contributed by atoms with E-state index in [1.54, 1.807) is 0 Å². The van der Waals surface area contributed by atoms with Gasteiger partial charge in [-0.3, -0.25) is 0 Å². The molecule has 0 radical (unpaired) electrons. The summed E-state index contributed by atoms with van der Waals surface area (Å²) in [6, 6.07) is 0. The molecule has 1 rings (SSSR count). The predicted molar refractivity (Wildman–Crippen MR) is 46.6 cm³/mol. The molecule has 0 aromatic carbocycles. The van der Waals surface area contributed by atoms with Crippen LogP contribution in [0.4, 0.5) is 0 Å². The Bertz CT molecular complexity index is 49.0. The summed E-state index contributed by atoms with van der Waals surface area (Å²) in [7, 11) is 0. The van der Waals surface area contributed by atoms with Gasteiger partial charge >= 0.3 is 0 Å². The van der Waals surface area contributed by atoms with Gasteiger partial charge in [-0.1, -0.05) is 39.5 Å². The summed E-state index contributed by atoms with van der Waals surface area (Å²) in [6.45, 7) is 6.52. The van der Waals surface area contributed by atoms with Crippen LogP contribution in [0.5, 0.6) is 0 Å².